The minimum absolute atomic E-state index is 0.510. The van der Waals surface area contributed by atoms with Gasteiger partial charge in [-0.1, -0.05) is 0 Å². The van der Waals surface area contributed by atoms with Crippen molar-refractivity contribution in [1.29, 1.82) is 5.26 Å². The number of aryl methyl sites for hydroxylation is 2. The predicted octanol–water partition coefficient (Wildman–Crippen LogP) is 3.29. The SMILES string of the molecule is CCN(CC)c1ccc(N=Nc2c(C#N)c[n+](C)n2C)c(C)c1. The van der Waals surface area contributed by atoms with E-state index in [1.54, 1.807) is 10.9 Å². The molecule has 1 heterocycles. The first-order valence-electron chi connectivity index (χ1n) is 7.74. The van der Waals surface area contributed by atoms with Crippen LogP contribution in [-0.4, -0.2) is 17.8 Å². The van der Waals surface area contributed by atoms with Crippen LogP contribution in [0.1, 0.15) is 25.0 Å². The fraction of sp³-hybridized carbons (Fsp3) is 0.412. The van der Waals surface area contributed by atoms with E-state index in [9.17, 15) is 5.26 Å². The number of rotatable bonds is 5. The molecule has 0 spiro atoms. The van der Waals surface area contributed by atoms with E-state index in [2.05, 4.69) is 47.2 Å². The fourth-order valence-corrected chi connectivity index (χ4v) is 2.49. The van der Waals surface area contributed by atoms with E-state index in [0.717, 1.165) is 24.3 Å². The second kappa shape index (κ2) is 7.05. The number of hydrogen-bond acceptors (Lipinski definition) is 4. The number of aromatic nitrogens is 2. The van der Waals surface area contributed by atoms with Crippen molar-refractivity contribution in [2.45, 2.75) is 20.8 Å². The lowest BCUT2D eigenvalue weighted by molar-refractivity contribution is -0.750. The summed E-state index contributed by atoms with van der Waals surface area (Å²) < 4.78 is 3.60. The lowest BCUT2D eigenvalue weighted by Gasteiger charge is -2.21. The van der Waals surface area contributed by atoms with Gasteiger partial charge < -0.3 is 4.90 Å². The zero-order valence-electron chi connectivity index (χ0n) is 14.4. The van der Waals surface area contributed by atoms with Gasteiger partial charge >= 0.3 is 0 Å². The molecule has 0 fully saturated rings. The number of benzene rings is 1. The second-order valence-corrected chi connectivity index (χ2v) is 5.42. The van der Waals surface area contributed by atoms with Crippen molar-refractivity contribution >= 4 is 17.2 Å². The number of hydrogen-bond donors (Lipinski definition) is 0. The molecule has 120 valence electrons. The molecule has 0 radical (unpaired) electrons. The van der Waals surface area contributed by atoms with E-state index >= 15 is 0 Å². The highest BCUT2D eigenvalue weighted by molar-refractivity contribution is 5.57. The van der Waals surface area contributed by atoms with Crippen LogP contribution in [0.2, 0.25) is 0 Å². The molecule has 6 heteroatoms. The largest absolute Gasteiger partial charge is 0.372 e. The number of azo groups is 1. The number of nitriles is 1. The van der Waals surface area contributed by atoms with Gasteiger partial charge in [0.1, 0.15) is 6.07 Å². The molecule has 1 aromatic heterocycles. The first-order valence-corrected chi connectivity index (χ1v) is 7.74. The molecule has 0 atom stereocenters. The van der Waals surface area contributed by atoms with E-state index in [4.69, 9.17) is 0 Å². The molecule has 6 nitrogen and oxygen atoms in total. The molecule has 1 aromatic carbocycles. The maximum atomic E-state index is 9.18. The van der Waals surface area contributed by atoms with Crippen molar-refractivity contribution in [3.63, 3.8) is 0 Å². The Morgan fingerprint density at radius 3 is 2.52 bits per heavy atom. The van der Waals surface area contributed by atoms with Gasteiger partial charge in [-0.25, -0.2) is 0 Å². The Labute approximate surface area is 137 Å². The average Bonchev–Trinajstić information content (AvgIpc) is 2.82. The minimum atomic E-state index is 0.510. The van der Waals surface area contributed by atoms with Gasteiger partial charge in [0.15, 0.2) is 12.6 Å². The molecule has 0 saturated carbocycles. The highest BCUT2D eigenvalue weighted by atomic mass is 15.4. The third-order valence-corrected chi connectivity index (χ3v) is 4.02. The molecule has 0 aliphatic carbocycles. The Bertz CT molecular complexity index is 762. The zero-order valence-corrected chi connectivity index (χ0v) is 14.4. The van der Waals surface area contributed by atoms with Crippen molar-refractivity contribution in [2.24, 2.45) is 24.3 Å². The third kappa shape index (κ3) is 3.39. The molecule has 0 unspecified atom stereocenters. The van der Waals surface area contributed by atoms with E-state index in [0.29, 0.717) is 11.4 Å². The lowest BCUT2D eigenvalue weighted by atomic mass is 10.1. The Morgan fingerprint density at radius 1 is 1.26 bits per heavy atom. The van der Waals surface area contributed by atoms with Crippen LogP contribution in [0, 0.1) is 18.3 Å². The molecule has 0 saturated heterocycles. The molecule has 0 bridgehead atoms. The number of anilines is 1. The molecule has 0 aliphatic heterocycles. The maximum Gasteiger partial charge on any atom is 0.232 e. The standard InChI is InChI=1S/C17H23N6/c1-6-23(7-2)15-8-9-16(13(3)10-15)19-20-17-14(11-18)12-21(4)22(17)5/h8-10,12H,6-7H2,1-5H3/q+1. The lowest BCUT2D eigenvalue weighted by Crippen LogP contribution is -2.35. The monoisotopic (exact) mass is 311 g/mol. The summed E-state index contributed by atoms with van der Waals surface area (Å²) in [7, 11) is 3.72. The van der Waals surface area contributed by atoms with Gasteiger partial charge in [0.25, 0.3) is 0 Å². The van der Waals surface area contributed by atoms with E-state index in [1.807, 2.05) is 31.8 Å². The third-order valence-electron chi connectivity index (χ3n) is 4.02. The predicted molar refractivity (Wildman–Crippen MR) is 90.2 cm³/mol. The molecule has 2 rings (SSSR count). The van der Waals surface area contributed by atoms with Crippen LogP contribution in [0.15, 0.2) is 34.6 Å². The first kappa shape index (κ1) is 16.7. The normalized spacial score (nSPS) is 11.0. The Kier molecular flexibility index (Phi) is 5.12. The smallest absolute Gasteiger partial charge is 0.232 e. The van der Waals surface area contributed by atoms with Crippen LogP contribution in [-0.2, 0) is 14.1 Å². The van der Waals surface area contributed by atoms with Gasteiger partial charge in [0.05, 0.1) is 12.7 Å². The summed E-state index contributed by atoms with van der Waals surface area (Å²) in [5, 5.41) is 17.8. The maximum absolute atomic E-state index is 9.18. The van der Waals surface area contributed by atoms with Crippen molar-refractivity contribution in [2.75, 3.05) is 18.0 Å². The van der Waals surface area contributed by atoms with E-state index < -0.39 is 0 Å². The molecule has 0 N–H and O–H groups in total. The highest BCUT2D eigenvalue weighted by Crippen LogP contribution is 2.27. The average molecular weight is 311 g/mol. The van der Waals surface area contributed by atoms with Crippen LogP contribution in [0.4, 0.5) is 17.2 Å². The van der Waals surface area contributed by atoms with Crippen molar-refractivity contribution in [3.05, 3.63) is 35.5 Å². The quantitative estimate of drug-likeness (QED) is 0.628. The molecular formula is C17H23N6+. The van der Waals surface area contributed by atoms with Crippen LogP contribution < -0.4 is 9.58 Å². The van der Waals surface area contributed by atoms with Gasteiger partial charge in [-0.2, -0.15) is 5.26 Å². The summed E-state index contributed by atoms with van der Waals surface area (Å²) >= 11 is 0. The van der Waals surface area contributed by atoms with Crippen LogP contribution >= 0.6 is 0 Å². The zero-order chi connectivity index (χ0) is 17.0. The van der Waals surface area contributed by atoms with E-state index in [1.165, 1.54) is 5.69 Å². The molecule has 0 aliphatic rings. The summed E-state index contributed by atoms with van der Waals surface area (Å²) in [6.45, 7) is 8.26. The van der Waals surface area contributed by atoms with Gasteiger partial charge in [0.2, 0.25) is 12.0 Å². The number of nitrogens with zero attached hydrogens (tertiary/aromatic N) is 6. The van der Waals surface area contributed by atoms with Crippen LogP contribution in [0.25, 0.3) is 0 Å². The van der Waals surface area contributed by atoms with Crippen LogP contribution in [0.5, 0.6) is 0 Å². The minimum Gasteiger partial charge on any atom is -0.372 e. The summed E-state index contributed by atoms with van der Waals surface area (Å²) in [4.78, 5) is 2.29. The first-order chi connectivity index (χ1) is 11.0. The molecular weight excluding hydrogens is 288 g/mol. The molecule has 23 heavy (non-hydrogen) atoms. The summed E-state index contributed by atoms with van der Waals surface area (Å²) in [6, 6.07) is 8.30. The van der Waals surface area contributed by atoms with Crippen molar-refractivity contribution in [3.8, 4) is 6.07 Å². The van der Waals surface area contributed by atoms with Gasteiger partial charge in [-0.15, -0.1) is 19.6 Å². The summed E-state index contributed by atoms with van der Waals surface area (Å²) in [6.07, 6.45) is 1.74. The Hall–Kier alpha value is -2.68. The summed E-state index contributed by atoms with van der Waals surface area (Å²) in [5.74, 6) is 0.558. The van der Waals surface area contributed by atoms with E-state index in [-0.39, 0.29) is 0 Å². The van der Waals surface area contributed by atoms with Gasteiger partial charge in [-0.05, 0) is 44.5 Å². The van der Waals surface area contributed by atoms with Gasteiger partial charge in [0, 0.05) is 18.8 Å². The molecule has 0 amide bonds. The fourth-order valence-electron chi connectivity index (χ4n) is 2.49. The second-order valence-electron chi connectivity index (χ2n) is 5.42. The van der Waals surface area contributed by atoms with Gasteiger partial charge in [-0.3, -0.25) is 0 Å². The summed E-state index contributed by atoms with van der Waals surface area (Å²) in [5.41, 5.74) is 3.58. The Balaban J connectivity index is 2.33. The highest BCUT2D eigenvalue weighted by Gasteiger charge is 2.16. The van der Waals surface area contributed by atoms with Crippen LogP contribution in [0.3, 0.4) is 0 Å². The van der Waals surface area contributed by atoms with Crippen molar-refractivity contribution < 1.29 is 4.68 Å². The topological polar surface area (TPSA) is 60.6 Å². The Morgan fingerprint density at radius 2 is 1.96 bits per heavy atom. The van der Waals surface area contributed by atoms with Crippen molar-refractivity contribution in [1.82, 2.24) is 4.68 Å². The molecule has 2 aromatic rings.